The van der Waals surface area contributed by atoms with Crippen molar-refractivity contribution >= 4 is 23.2 Å². The lowest BCUT2D eigenvalue weighted by Crippen LogP contribution is -2.17. The maximum Gasteiger partial charge on any atom is 0.276 e. The smallest absolute Gasteiger partial charge is 0.276 e. The summed E-state index contributed by atoms with van der Waals surface area (Å²) in [5.74, 6) is -1.13. The van der Waals surface area contributed by atoms with Crippen molar-refractivity contribution in [2.75, 3.05) is 5.32 Å². The molecule has 2 N–H and O–H groups in total. The topological polar surface area (TPSA) is 75.1 Å². The van der Waals surface area contributed by atoms with Crippen LogP contribution in [0.15, 0.2) is 30.6 Å². The van der Waals surface area contributed by atoms with Gasteiger partial charge < -0.3 is 10.4 Å². The zero-order chi connectivity index (χ0) is 13.8. The SMILES string of the molecule is O=C(Nc1ccc(F)c(Cl)c1)c1nccnc1CO. The first kappa shape index (κ1) is 13.4. The molecule has 0 aliphatic rings. The number of carbonyl (C=O) groups is 1. The Kier molecular flexibility index (Phi) is 4.03. The number of halogens is 2. The number of amides is 1. The summed E-state index contributed by atoms with van der Waals surface area (Å²) in [6, 6.07) is 3.79. The molecule has 7 heteroatoms. The zero-order valence-electron chi connectivity index (χ0n) is 9.60. The molecule has 1 aromatic carbocycles. The molecule has 0 radical (unpaired) electrons. The molecule has 0 aliphatic carbocycles. The van der Waals surface area contributed by atoms with Crippen LogP contribution in [0.5, 0.6) is 0 Å². The van der Waals surface area contributed by atoms with E-state index >= 15 is 0 Å². The Morgan fingerprint density at radius 2 is 2.11 bits per heavy atom. The Labute approximate surface area is 113 Å². The van der Waals surface area contributed by atoms with Crippen molar-refractivity contribution in [3.8, 4) is 0 Å². The van der Waals surface area contributed by atoms with Gasteiger partial charge in [-0.2, -0.15) is 0 Å². The summed E-state index contributed by atoms with van der Waals surface area (Å²) < 4.78 is 13.0. The van der Waals surface area contributed by atoms with E-state index in [1.165, 1.54) is 24.5 Å². The average Bonchev–Trinajstić information content (AvgIpc) is 2.43. The number of carbonyl (C=O) groups excluding carboxylic acids is 1. The van der Waals surface area contributed by atoms with Crippen LogP contribution in [0.4, 0.5) is 10.1 Å². The highest BCUT2D eigenvalue weighted by atomic mass is 35.5. The third-order valence-corrected chi connectivity index (χ3v) is 2.61. The number of aliphatic hydroxyl groups is 1. The van der Waals surface area contributed by atoms with Gasteiger partial charge in [-0.05, 0) is 18.2 Å². The third kappa shape index (κ3) is 3.04. The molecule has 19 heavy (non-hydrogen) atoms. The fourth-order valence-corrected chi connectivity index (χ4v) is 1.62. The summed E-state index contributed by atoms with van der Waals surface area (Å²) in [4.78, 5) is 19.6. The minimum Gasteiger partial charge on any atom is -0.390 e. The summed E-state index contributed by atoms with van der Waals surface area (Å²) >= 11 is 5.61. The van der Waals surface area contributed by atoms with E-state index in [2.05, 4.69) is 15.3 Å². The normalized spacial score (nSPS) is 10.3. The Morgan fingerprint density at radius 1 is 1.37 bits per heavy atom. The van der Waals surface area contributed by atoms with E-state index in [9.17, 15) is 9.18 Å². The molecule has 0 unspecified atom stereocenters. The van der Waals surface area contributed by atoms with Crippen molar-refractivity contribution in [2.45, 2.75) is 6.61 Å². The molecule has 0 bridgehead atoms. The van der Waals surface area contributed by atoms with Crippen molar-refractivity contribution < 1.29 is 14.3 Å². The summed E-state index contributed by atoms with van der Waals surface area (Å²) in [5.41, 5.74) is 0.490. The molecule has 0 aliphatic heterocycles. The molecule has 5 nitrogen and oxygen atoms in total. The highest BCUT2D eigenvalue weighted by Gasteiger charge is 2.14. The minimum absolute atomic E-state index is 0.00504. The maximum absolute atomic E-state index is 13.0. The first-order chi connectivity index (χ1) is 9.11. The molecule has 0 saturated carbocycles. The van der Waals surface area contributed by atoms with Gasteiger partial charge in [0.05, 0.1) is 17.3 Å². The molecule has 1 heterocycles. The summed E-state index contributed by atoms with van der Waals surface area (Å²) in [6.07, 6.45) is 2.71. The predicted molar refractivity (Wildman–Crippen MR) is 67.3 cm³/mol. The van der Waals surface area contributed by atoms with Gasteiger partial charge in [-0.1, -0.05) is 11.6 Å². The van der Waals surface area contributed by atoms with Gasteiger partial charge in [-0.3, -0.25) is 9.78 Å². The van der Waals surface area contributed by atoms with E-state index in [-0.39, 0.29) is 16.4 Å². The predicted octanol–water partition coefficient (Wildman–Crippen LogP) is 2.01. The number of hydrogen-bond donors (Lipinski definition) is 2. The van der Waals surface area contributed by atoms with E-state index in [4.69, 9.17) is 16.7 Å². The Hall–Kier alpha value is -2.05. The van der Waals surface area contributed by atoms with Gasteiger partial charge in [-0.25, -0.2) is 9.37 Å². The second-order valence-corrected chi connectivity index (χ2v) is 4.00. The standard InChI is InChI=1S/C12H9ClFN3O2/c13-8-5-7(1-2-9(8)14)17-12(19)11-10(6-18)15-3-4-16-11/h1-5,18H,6H2,(H,17,19). The van der Waals surface area contributed by atoms with Crippen LogP contribution < -0.4 is 5.32 Å². The fraction of sp³-hybridized carbons (Fsp3) is 0.0833. The van der Waals surface area contributed by atoms with E-state index in [1.807, 2.05) is 0 Å². The highest BCUT2D eigenvalue weighted by molar-refractivity contribution is 6.31. The number of anilines is 1. The fourth-order valence-electron chi connectivity index (χ4n) is 1.44. The number of rotatable bonds is 3. The zero-order valence-corrected chi connectivity index (χ0v) is 10.4. The number of benzene rings is 1. The van der Waals surface area contributed by atoms with Gasteiger partial charge in [0.25, 0.3) is 5.91 Å². The number of nitrogens with zero attached hydrogens (tertiary/aromatic N) is 2. The average molecular weight is 282 g/mol. The molecule has 0 spiro atoms. The molecular weight excluding hydrogens is 273 g/mol. The van der Waals surface area contributed by atoms with Crippen molar-refractivity contribution in [1.29, 1.82) is 0 Å². The monoisotopic (exact) mass is 281 g/mol. The van der Waals surface area contributed by atoms with Gasteiger partial charge in [0, 0.05) is 18.1 Å². The van der Waals surface area contributed by atoms with Gasteiger partial charge in [0.2, 0.25) is 0 Å². The molecule has 0 fully saturated rings. The highest BCUT2D eigenvalue weighted by Crippen LogP contribution is 2.19. The van der Waals surface area contributed by atoms with E-state index < -0.39 is 18.3 Å². The Morgan fingerprint density at radius 3 is 2.79 bits per heavy atom. The Bertz CT molecular complexity index is 622. The minimum atomic E-state index is -0.574. The molecule has 1 aromatic heterocycles. The summed E-state index contributed by atoms with van der Waals surface area (Å²) in [7, 11) is 0. The van der Waals surface area contributed by atoms with Crippen LogP contribution >= 0.6 is 11.6 Å². The van der Waals surface area contributed by atoms with Crippen LogP contribution in [0, 0.1) is 5.82 Å². The second kappa shape index (κ2) is 5.73. The van der Waals surface area contributed by atoms with Gasteiger partial charge in [0.15, 0.2) is 5.69 Å². The maximum atomic E-state index is 13.0. The van der Waals surface area contributed by atoms with Crippen LogP contribution in [0.3, 0.4) is 0 Å². The molecule has 0 atom stereocenters. The molecule has 1 amide bonds. The van der Waals surface area contributed by atoms with Crippen LogP contribution in [0.25, 0.3) is 0 Å². The first-order valence-electron chi connectivity index (χ1n) is 5.29. The molecule has 2 rings (SSSR count). The molecule has 0 saturated heterocycles. The van der Waals surface area contributed by atoms with Crippen molar-refractivity contribution in [3.05, 3.63) is 52.8 Å². The van der Waals surface area contributed by atoms with Crippen molar-refractivity contribution in [3.63, 3.8) is 0 Å². The lowest BCUT2D eigenvalue weighted by molar-refractivity contribution is 0.101. The summed E-state index contributed by atoms with van der Waals surface area (Å²) in [6.45, 7) is -0.402. The molecule has 2 aromatic rings. The number of aliphatic hydroxyl groups excluding tert-OH is 1. The second-order valence-electron chi connectivity index (χ2n) is 3.59. The third-order valence-electron chi connectivity index (χ3n) is 2.32. The van der Waals surface area contributed by atoms with Crippen LogP contribution in [0.2, 0.25) is 5.02 Å². The first-order valence-corrected chi connectivity index (χ1v) is 5.66. The molecular formula is C12H9ClFN3O2. The van der Waals surface area contributed by atoms with Crippen LogP contribution in [-0.2, 0) is 6.61 Å². The quantitative estimate of drug-likeness (QED) is 0.902. The van der Waals surface area contributed by atoms with E-state index in [1.54, 1.807) is 0 Å². The number of nitrogens with one attached hydrogen (secondary N) is 1. The van der Waals surface area contributed by atoms with Crippen molar-refractivity contribution in [1.82, 2.24) is 9.97 Å². The lowest BCUT2D eigenvalue weighted by atomic mass is 10.2. The Balaban J connectivity index is 2.23. The van der Waals surface area contributed by atoms with Gasteiger partial charge in [0.1, 0.15) is 5.82 Å². The van der Waals surface area contributed by atoms with Gasteiger partial charge in [-0.15, -0.1) is 0 Å². The number of hydrogen-bond acceptors (Lipinski definition) is 4. The lowest BCUT2D eigenvalue weighted by Gasteiger charge is -2.07. The number of aromatic nitrogens is 2. The van der Waals surface area contributed by atoms with Crippen molar-refractivity contribution in [2.24, 2.45) is 0 Å². The van der Waals surface area contributed by atoms with Gasteiger partial charge >= 0.3 is 0 Å². The summed E-state index contributed by atoms with van der Waals surface area (Å²) in [5, 5.41) is 11.5. The van der Waals surface area contributed by atoms with Crippen LogP contribution in [0.1, 0.15) is 16.2 Å². The molecule has 98 valence electrons. The largest absolute Gasteiger partial charge is 0.390 e. The van der Waals surface area contributed by atoms with Crippen LogP contribution in [-0.4, -0.2) is 21.0 Å². The van der Waals surface area contributed by atoms with E-state index in [0.717, 1.165) is 6.07 Å². The van der Waals surface area contributed by atoms with E-state index in [0.29, 0.717) is 5.69 Å².